The summed E-state index contributed by atoms with van der Waals surface area (Å²) in [4.78, 5) is 25.1. The van der Waals surface area contributed by atoms with Crippen LogP contribution in [0, 0.1) is 0 Å². The van der Waals surface area contributed by atoms with E-state index in [1.54, 1.807) is 54.9 Å². The molecule has 140 valence electrons. The quantitative estimate of drug-likeness (QED) is 0.239. The monoisotopic (exact) mass is 390 g/mol. The third-order valence-electron chi connectivity index (χ3n) is 3.83. The van der Waals surface area contributed by atoms with Crippen molar-refractivity contribution in [1.29, 1.82) is 0 Å². The molecule has 1 heterocycles. The van der Waals surface area contributed by atoms with Crippen molar-refractivity contribution in [2.75, 3.05) is 7.11 Å². The highest BCUT2D eigenvalue weighted by Crippen LogP contribution is 2.16. The summed E-state index contributed by atoms with van der Waals surface area (Å²) >= 11 is 1.56. The standard InChI is InChI=1S/C23H18O4S/c1-26-19-9-4-17(5-10-19)6-15-23(25)27-20-11-7-18(8-12-20)22(24)14-13-21-3-2-16-28-21/h2-16H,1H3/b14-13+,15-6+. The van der Waals surface area contributed by atoms with Gasteiger partial charge in [-0.25, -0.2) is 4.79 Å². The van der Waals surface area contributed by atoms with Crippen molar-refractivity contribution in [3.63, 3.8) is 0 Å². The van der Waals surface area contributed by atoms with Crippen molar-refractivity contribution in [2.45, 2.75) is 0 Å². The number of methoxy groups -OCH3 is 1. The van der Waals surface area contributed by atoms with E-state index in [4.69, 9.17) is 9.47 Å². The van der Waals surface area contributed by atoms with Crippen LogP contribution in [-0.4, -0.2) is 18.9 Å². The molecule has 0 spiro atoms. The van der Waals surface area contributed by atoms with Crippen molar-refractivity contribution in [1.82, 2.24) is 0 Å². The first kappa shape index (κ1) is 19.3. The molecule has 5 heteroatoms. The van der Waals surface area contributed by atoms with Gasteiger partial charge in [-0.05, 0) is 71.6 Å². The van der Waals surface area contributed by atoms with Gasteiger partial charge in [-0.1, -0.05) is 18.2 Å². The molecule has 0 bridgehead atoms. The Kier molecular flexibility index (Phi) is 6.54. The SMILES string of the molecule is COc1ccc(/C=C/C(=O)Oc2ccc(C(=O)/C=C/c3cccs3)cc2)cc1. The van der Waals surface area contributed by atoms with E-state index in [-0.39, 0.29) is 5.78 Å². The second-order valence-electron chi connectivity index (χ2n) is 5.76. The number of benzene rings is 2. The molecule has 0 fully saturated rings. The summed E-state index contributed by atoms with van der Waals surface area (Å²) in [5.41, 5.74) is 1.39. The summed E-state index contributed by atoms with van der Waals surface area (Å²) in [5, 5.41) is 1.95. The number of rotatable bonds is 7. The number of ketones is 1. The number of carbonyl (C=O) groups excluding carboxylic acids is 2. The molecule has 0 aliphatic rings. The molecule has 1 aromatic heterocycles. The number of ether oxygens (including phenoxy) is 2. The van der Waals surface area contributed by atoms with Gasteiger partial charge in [0.25, 0.3) is 0 Å². The lowest BCUT2D eigenvalue weighted by molar-refractivity contribution is -0.128. The maximum atomic E-state index is 12.2. The molecule has 0 atom stereocenters. The number of carbonyl (C=O) groups is 2. The third kappa shape index (κ3) is 5.53. The molecule has 3 rings (SSSR count). The maximum absolute atomic E-state index is 12.2. The van der Waals surface area contributed by atoms with Crippen LogP contribution in [0.1, 0.15) is 20.8 Å². The van der Waals surface area contributed by atoms with Crippen molar-refractivity contribution < 1.29 is 19.1 Å². The van der Waals surface area contributed by atoms with Crippen molar-refractivity contribution in [2.24, 2.45) is 0 Å². The average Bonchev–Trinajstić information content (AvgIpc) is 3.25. The molecule has 0 aliphatic carbocycles. The van der Waals surface area contributed by atoms with Crippen molar-refractivity contribution in [3.8, 4) is 11.5 Å². The highest BCUT2D eigenvalue weighted by atomic mass is 32.1. The molecule has 0 unspecified atom stereocenters. The summed E-state index contributed by atoms with van der Waals surface area (Å²) in [6.07, 6.45) is 6.33. The van der Waals surface area contributed by atoms with Gasteiger partial charge in [0.15, 0.2) is 5.78 Å². The summed E-state index contributed by atoms with van der Waals surface area (Å²) in [6, 6.07) is 17.7. The normalized spacial score (nSPS) is 11.0. The molecule has 0 aliphatic heterocycles. The van der Waals surface area contributed by atoms with E-state index in [1.165, 1.54) is 12.2 Å². The van der Waals surface area contributed by atoms with Gasteiger partial charge in [0, 0.05) is 16.5 Å². The lowest BCUT2D eigenvalue weighted by atomic mass is 10.1. The van der Waals surface area contributed by atoms with E-state index in [1.807, 2.05) is 41.8 Å². The number of allylic oxidation sites excluding steroid dienone is 1. The van der Waals surface area contributed by atoms with Gasteiger partial charge in [0.2, 0.25) is 0 Å². The molecular weight excluding hydrogens is 372 g/mol. The van der Waals surface area contributed by atoms with Gasteiger partial charge in [0.05, 0.1) is 7.11 Å². The molecule has 28 heavy (non-hydrogen) atoms. The van der Waals surface area contributed by atoms with Crippen molar-refractivity contribution >= 4 is 35.2 Å². The maximum Gasteiger partial charge on any atom is 0.336 e. The predicted molar refractivity (Wildman–Crippen MR) is 112 cm³/mol. The smallest absolute Gasteiger partial charge is 0.336 e. The molecule has 0 saturated heterocycles. The van der Waals surface area contributed by atoms with Gasteiger partial charge in [0.1, 0.15) is 11.5 Å². The summed E-state index contributed by atoms with van der Waals surface area (Å²) < 4.78 is 10.3. The fraction of sp³-hybridized carbons (Fsp3) is 0.0435. The van der Waals surface area contributed by atoms with Crippen LogP contribution in [0.5, 0.6) is 11.5 Å². The van der Waals surface area contributed by atoms with E-state index in [2.05, 4.69) is 0 Å². The van der Waals surface area contributed by atoms with Gasteiger partial charge < -0.3 is 9.47 Å². The summed E-state index contributed by atoms with van der Waals surface area (Å²) in [6.45, 7) is 0. The van der Waals surface area contributed by atoms with E-state index in [0.717, 1.165) is 16.2 Å². The van der Waals surface area contributed by atoms with Crippen LogP contribution >= 0.6 is 11.3 Å². The first-order valence-corrected chi connectivity index (χ1v) is 9.42. The number of thiophene rings is 1. The van der Waals surface area contributed by atoms with E-state index in [9.17, 15) is 9.59 Å². The van der Waals surface area contributed by atoms with Crippen LogP contribution in [0.2, 0.25) is 0 Å². The van der Waals surface area contributed by atoms with Gasteiger partial charge >= 0.3 is 5.97 Å². The van der Waals surface area contributed by atoms with Crippen molar-refractivity contribution in [3.05, 3.63) is 94.2 Å². The van der Waals surface area contributed by atoms with Crippen LogP contribution in [0.4, 0.5) is 0 Å². The zero-order valence-electron chi connectivity index (χ0n) is 15.2. The lowest BCUT2D eigenvalue weighted by Crippen LogP contribution is -2.04. The van der Waals surface area contributed by atoms with Crippen LogP contribution in [0.15, 0.2) is 78.2 Å². The highest BCUT2D eigenvalue weighted by molar-refractivity contribution is 7.10. The minimum atomic E-state index is -0.493. The zero-order valence-corrected chi connectivity index (χ0v) is 16.0. The Hall–Kier alpha value is -3.44. The molecule has 3 aromatic rings. The largest absolute Gasteiger partial charge is 0.497 e. The Balaban J connectivity index is 1.56. The minimum Gasteiger partial charge on any atom is -0.497 e. The zero-order chi connectivity index (χ0) is 19.8. The second-order valence-corrected chi connectivity index (χ2v) is 6.74. The van der Waals surface area contributed by atoms with Crippen LogP contribution < -0.4 is 9.47 Å². The average molecular weight is 390 g/mol. The van der Waals surface area contributed by atoms with E-state index >= 15 is 0 Å². The Morgan fingerprint density at radius 1 is 0.857 bits per heavy atom. The molecule has 0 saturated carbocycles. The highest BCUT2D eigenvalue weighted by Gasteiger charge is 2.05. The fourth-order valence-electron chi connectivity index (χ4n) is 2.36. The Bertz CT molecular complexity index is 982. The Morgan fingerprint density at radius 3 is 2.21 bits per heavy atom. The van der Waals surface area contributed by atoms with E-state index < -0.39 is 5.97 Å². The van der Waals surface area contributed by atoms with Gasteiger partial charge in [-0.3, -0.25) is 4.79 Å². The fourth-order valence-corrected chi connectivity index (χ4v) is 2.97. The Morgan fingerprint density at radius 2 is 1.57 bits per heavy atom. The van der Waals surface area contributed by atoms with Crippen LogP contribution in [-0.2, 0) is 4.79 Å². The lowest BCUT2D eigenvalue weighted by Gasteiger charge is -2.02. The molecule has 0 N–H and O–H groups in total. The topological polar surface area (TPSA) is 52.6 Å². The number of hydrogen-bond acceptors (Lipinski definition) is 5. The summed E-state index contributed by atoms with van der Waals surface area (Å²) in [5.74, 6) is 0.529. The number of esters is 1. The molecule has 2 aromatic carbocycles. The summed E-state index contributed by atoms with van der Waals surface area (Å²) in [7, 11) is 1.60. The molecular formula is C23H18O4S. The van der Waals surface area contributed by atoms with Crippen LogP contribution in [0.3, 0.4) is 0 Å². The molecule has 0 radical (unpaired) electrons. The minimum absolute atomic E-state index is 0.106. The molecule has 0 amide bonds. The first-order valence-electron chi connectivity index (χ1n) is 8.54. The van der Waals surface area contributed by atoms with Crippen LogP contribution in [0.25, 0.3) is 12.2 Å². The van der Waals surface area contributed by atoms with Gasteiger partial charge in [-0.2, -0.15) is 0 Å². The van der Waals surface area contributed by atoms with Gasteiger partial charge in [-0.15, -0.1) is 11.3 Å². The van der Waals surface area contributed by atoms with E-state index in [0.29, 0.717) is 11.3 Å². The number of hydrogen-bond donors (Lipinski definition) is 0. The predicted octanol–water partition coefficient (Wildman–Crippen LogP) is 5.27. The second kappa shape index (κ2) is 9.48. The Labute approximate surface area is 167 Å². The third-order valence-corrected chi connectivity index (χ3v) is 4.66. The molecule has 4 nitrogen and oxygen atoms in total. The first-order chi connectivity index (χ1) is 13.6.